The second-order valence-corrected chi connectivity index (χ2v) is 6.14. The Kier molecular flexibility index (Phi) is 4.41. The third-order valence-electron chi connectivity index (χ3n) is 4.58. The highest BCUT2D eigenvalue weighted by Gasteiger charge is 2.32. The van der Waals surface area contributed by atoms with E-state index in [0.717, 1.165) is 35.1 Å². The number of aromatic nitrogens is 1. The fourth-order valence-electron chi connectivity index (χ4n) is 3.19. The summed E-state index contributed by atoms with van der Waals surface area (Å²) < 4.78 is 39.2. The van der Waals surface area contributed by atoms with Gasteiger partial charge in [-0.2, -0.15) is 13.2 Å². The first-order valence-corrected chi connectivity index (χ1v) is 7.88. The lowest BCUT2D eigenvalue weighted by Crippen LogP contribution is -2.35. The van der Waals surface area contributed by atoms with Crippen LogP contribution in [-0.4, -0.2) is 22.4 Å². The van der Waals surface area contributed by atoms with Gasteiger partial charge in [0.2, 0.25) is 5.91 Å². The van der Waals surface area contributed by atoms with E-state index in [1.54, 1.807) is 7.05 Å². The Morgan fingerprint density at radius 3 is 2.68 bits per heavy atom. The zero-order valence-electron chi connectivity index (χ0n) is 13.6. The molecule has 0 spiro atoms. The maximum absolute atomic E-state index is 12.8. The minimum absolute atomic E-state index is 0.120. The van der Waals surface area contributed by atoms with Crippen LogP contribution in [0.3, 0.4) is 0 Å². The van der Waals surface area contributed by atoms with Gasteiger partial charge in [0.25, 0.3) is 5.56 Å². The molecule has 0 aliphatic heterocycles. The van der Waals surface area contributed by atoms with Gasteiger partial charge in [0.1, 0.15) is 6.54 Å². The molecule has 1 amide bonds. The molecule has 1 heterocycles. The summed E-state index contributed by atoms with van der Waals surface area (Å²) in [5.41, 5.74) is 0.633. The predicted octanol–water partition coefficient (Wildman–Crippen LogP) is 3.01. The third-order valence-corrected chi connectivity index (χ3v) is 4.58. The minimum atomic E-state index is -4.56. The maximum Gasteiger partial charge on any atom is 0.417 e. The molecular weight excluding hydrogens is 333 g/mol. The summed E-state index contributed by atoms with van der Waals surface area (Å²) >= 11 is 0. The highest BCUT2D eigenvalue weighted by Crippen LogP contribution is 2.35. The number of fused-ring (bicyclic) bond motifs is 1. The van der Waals surface area contributed by atoms with Crippen LogP contribution >= 0.6 is 0 Å². The topological polar surface area (TPSA) is 42.3 Å². The fourth-order valence-corrected chi connectivity index (χ4v) is 3.19. The summed E-state index contributed by atoms with van der Waals surface area (Å²) in [7, 11) is 1.62. The first-order valence-electron chi connectivity index (χ1n) is 7.88. The Morgan fingerprint density at radius 2 is 1.96 bits per heavy atom. The van der Waals surface area contributed by atoms with E-state index in [0.29, 0.717) is 6.20 Å². The normalized spacial score (nSPS) is 16.6. The van der Waals surface area contributed by atoms with Gasteiger partial charge in [-0.25, -0.2) is 0 Å². The van der Waals surface area contributed by atoms with E-state index in [-0.39, 0.29) is 6.04 Å². The van der Waals surface area contributed by atoms with Crippen LogP contribution in [0.25, 0.3) is 0 Å². The molecule has 7 heteroatoms. The van der Waals surface area contributed by atoms with Crippen molar-refractivity contribution in [2.45, 2.75) is 31.6 Å². The van der Waals surface area contributed by atoms with E-state index in [4.69, 9.17) is 0 Å². The number of benzene rings is 1. The number of aryl methyl sites for hydroxylation is 1. The summed E-state index contributed by atoms with van der Waals surface area (Å²) in [5, 5.41) is 0. The number of rotatable bonds is 3. The Labute approximate surface area is 142 Å². The van der Waals surface area contributed by atoms with E-state index in [1.165, 1.54) is 10.5 Å². The zero-order valence-corrected chi connectivity index (χ0v) is 13.6. The molecule has 25 heavy (non-hydrogen) atoms. The summed E-state index contributed by atoms with van der Waals surface area (Å²) in [6.07, 6.45) is -2.26. The SMILES string of the molecule is CN(C(=O)Cn1cc(C(F)(F)F)ccc1=O)C1CCc2ccccc21. The number of amides is 1. The van der Waals surface area contributed by atoms with Crippen LogP contribution < -0.4 is 5.56 Å². The van der Waals surface area contributed by atoms with Crippen molar-refractivity contribution >= 4 is 5.91 Å². The van der Waals surface area contributed by atoms with E-state index < -0.39 is 29.8 Å². The molecule has 2 aromatic rings. The van der Waals surface area contributed by atoms with Crippen LogP contribution in [0, 0.1) is 0 Å². The van der Waals surface area contributed by atoms with Crippen molar-refractivity contribution in [1.82, 2.24) is 9.47 Å². The molecule has 0 saturated carbocycles. The van der Waals surface area contributed by atoms with Gasteiger partial charge in [0, 0.05) is 19.3 Å². The molecule has 132 valence electrons. The molecule has 1 aromatic heterocycles. The third kappa shape index (κ3) is 3.45. The molecule has 0 N–H and O–H groups in total. The van der Waals surface area contributed by atoms with Crippen LogP contribution in [0.5, 0.6) is 0 Å². The lowest BCUT2D eigenvalue weighted by atomic mass is 10.1. The van der Waals surface area contributed by atoms with Crippen LogP contribution in [0.1, 0.15) is 29.2 Å². The van der Waals surface area contributed by atoms with E-state index in [2.05, 4.69) is 0 Å². The highest BCUT2D eigenvalue weighted by molar-refractivity contribution is 5.76. The van der Waals surface area contributed by atoms with Gasteiger partial charge >= 0.3 is 6.18 Å². The second kappa shape index (κ2) is 6.38. The average molecular weight is 350 g/mol. The summed E-state index contributed by atoms with van der Waals surface area (Å²) in [6.45, 7) is -0.419. The summed E-state index contributed by atoms with van der Waals surface area (Å²) in [4.78, 5) is 25.8. The number of alkyl halides is 3. The van der Waals surface area contributed by atoms with Crippen molar-refractivity contribution in [2.75, 3.05) is 7.05 Å². The van der Waals surface area contributed by atoms with Crippen molar-refractivity contribution in [1.29, 1.82) is 0 Å². The molecule has 1 aliphatic carbocycles. The summed E-state index contributed by atoms with van der Waals surface area (Å²) in [6, 6.07) is 9.22. The van der Waals surface area contributed by atoms with Crippen molar-refractivity contribution in [2.24, 2.45) is 0 Å². The van der Waals surface area contributed by atoms with Crippen molar-refractivity contribution in [3.05, 3.63) is 69.6 Å². The molecular formula is C18H17F3N2O2. The molecule has 1 unspecified atom stereocenters. The zero-order chi connectivity index (χ0) is 18.2. The standard InChI is InChI=1S/C18H17F3N2O2/c1-22(15-8-6-12-4-2-3-5-14(12)15)17(25)11-23-10-13(18(19,20)21)7-9-16(23)24/h2-5,7,9-10,15H,6,8,11H2,1H3. The molecule has 1 atom stereocenters. The largest absolute Gasteiger partial charge is 0.417 e. The smallest absolute Gasteiger partial charge is 0.337 e. The molecule has 0 fully saturated rings. The first-order chi connectivity index (χ1) is 11.8. The molecule has 0 radical (unpaired) electrons. The second-order valence-electron chi connectivity index (χ2n) is 6.14. The quantitative estimate of drug-likeness (QED) is 0.854. The fraction of sp³-hybridized carbons (Fsp3) is 0.333. The number of nitrogens with zero attached hydrogens (tertiary/aromatic N) is 2. The summed E-state index contributed by atoms with van der Waals surface area (Å²) in [5.74, 6) is -0.400. The van der Waals surface area contributed by atoms with Crippen molar-refractivity contribution in [3.63, 3.8) is 0 Å². The van der Waals surface area contributed by atoms with Gasteiger partial charge in [0.05, 0.1) is 11.6 Å². The molecule has 1 aliphatic rings. The average Bonchev–Trinajstić information content (AvgIpc) is 2.99. The van der Waals surface area contributed by atoms with Crippen molar-refractivity contribution < 1.29 is 18.0 Å². The highest BCUT2D eigenvalue weighted by atomic mass is 19.4. The van der Waals surface area contributed by atoms with Crippen LogP contribution in [-0.2, 0) is 23.9 Å². The van der Waals surface area contributed by atoms with Crippen LogP contribution in [0.2, 0.25) is 0 Å². The molecule has 4 nitrogen and oxygen atoms in total. The van der Waals surface area contributed by atoms with Gasteiger partial charge in [0.15, 0.2) is 0 Å². The number of pyridine rings is 1. The van der Waals surface area contributed by atoms with E-state index in [9.17, 15) is 22.8 Å². The molecule has 1 aromatic carbocycles. The lowest BCUT2D eigenvalue weighted by molar-refractivity contribution is -0.139. The number of carbonyl (C=O) groups excluding carboxylic acids is 1. The Morgan fingerprint density at radius 1 is 1.24 bits per heavy atom. The van der Waals surface area contributed by atoms with Gasteiger partial charge in [-0.05, 0) is 30.0 Å². The van der Waals surface area contributed by atoms with Gasteiger partial charge < -0.3 is 9.47 Å². The Hall–Kier alpha value is -2.57. The monoisotopic (exact) mass is 350 g/mol. The van der Waals surface area contributed by atoms with Crippen LogP contribution in [0.15, 0.2) is 47.4 Å². The molecule has 0 saturated heterocycles. The number of carbonyl (C=O) groups is 1. The number of hydrogen-bond donors (Lipinski definition) is 0. The number of likely N-dealkylation sites (N-methyl/N-ethyl adjacent to an activating group) is 1. The van der Waals surface area contributed by atoms with Gasteiger partial charge in [-0.3, -0.25) is 9.59 Å². The molecule has 0 bridgehead atoms. The minimum Gasteiger partial charge on any atom is -0.337 e. The lowest BCUT2D eigenvalue weighted by Gasteiger charge is -2.26. The van der Waals surface area contributed by atoms with E-state index >= 15 is 0 Å². The number of halogens is 3. The predicted molar refractivity (Wildman–Crippen MR) is 86.0 cm³/mol. The van der Waals surface area contributed by atoms with Gasteiger partial charge in [-0.1, -0.05) is 24.3 Å². The van der Waals surface area contributed by atoms with Gasteiger partial charge in [-0.15, -0.1) is 0 Å². The Bertz CT molecular complexity index is 858. The van der Waals surface area contributed by atoms with Crippen molar-refractivity contribution in [3.8, 4) is 0 Å². The number of hydrogen-bond acceptors (Lipinski definition) is 2. The van der Waals surface area contributed by atoms with Crippen LogP contribution in [0.4, 0.5) is 13.2 Å². The first kappa shape index (κ1) is 17.3. The maximum atomic E-state index is 12.8. The Balaban J connectivity index is 1.80. The molecule has 3 rings (SSSR count). The van der Waals surface area contributed by atoms with E-state index in [1.807, 2.05) is 24.3 Å².